The van der Waals surface area contributed by atoms with Gasteiger partial charge in [-0.1, -0.05) is 24.3 Å². The molecule has 2 aromatic rings. The number of sulfonamides is 1. The zero-order chi connectivity index (χ0) is 21.9. The fourth-order valence-corrected chi connectivity index (χ4v) is 4.77. The molecule has 30 heavy (non-hydrogen) atoms. The molecule has 1 saturated heterocycles. The Balaban J connectivity index is 1.57. The van der Waals surface area contributed by atoms with Gasteiger partial charge in [-0.2, -0.15) is 17.5 Å². The molecule has 0 atom stereocenters. The first kappa shape index (κ1) is 22.2. The summed E-state index contributed by atoms with van der Waals surface area (Å²) in [5.41, 5.74) is -0.625. The minimum atomic E-state index is -4.49. The molecule has 0 N–H and O–H groups in total. The van der Waals surface area contributed by atoms with Gasteiger partial charge in [-0.15, -0.1) is 0 Å². The third kappa shape index (κ3) is 4.99. The quantitative estimate of drug-likeness (QED) is 0.516. The maximum absolute atomic E-state index is 13.9. The lowest BCUT2D eigenvalue weighted by Crippen LogP contribution is -2.40. The van der Waals surface area contributed by atoms with Crippen molar-refractivity contribution < 1.29 is 35.5 Å². The van der Waals surface area contributed by atoms with Gasteiger partial charge in [-0.3, -0.25) is 4.79 Å². The number of hydrogen-bond acceptors (Lipinski definition) is 4. The van der Waals surface area contributed by atoms with Gasteiger partial charge in [0.1, 0.15) is 17.3 Å². The third-order valence-corrected chi connectivity index (χ3v) is 6.81. The molecule has 10 heteroatoms. The van der Waals surface area contributed by atoms with Crippen LogP contribution in [0.2, 0.25) is 0 Å². The molecule has 0 aliphatic carbocycles. The molecule has 0 amide bonds. The summed E-state index contributed by atoms with van der Waals surface area (Å²) in [6.07, 6.45) is -4.14. The summed E-state index contributed by atoms with van der Waals surface area (Å²) < 4.78 is 83.5. The summed E-state index contributed by atoms with van der Waals surface area (Å²) in [6, 6.07) is 9.55. The van der Waals surface area contributed by atoms with E-state index in [0.29, 0.717) is 0 Å². The van der Waals surface area contributed by atoms with E-state index in [1.807, 2.05) is 0 Å². The fraction of sp³-hybridized carbons (Fsp3) is 0.350. The van der Waals surface area contributed by atoms with Crippen LogP contribution < -0.4 is 0 Å². The summed E-state index contributed by atoms with van der Waals surface area (Å²) in [6.45, 7) is -0.281. The van der Waals surface area contributed by atoms with Crippen LogP contribution in [-0.2, 0) is 32.3 Å². The number of nitrogens with zero attached hydrogens (tertiary/aromatic N) is 1. The van der Waals surface area contributed by atoms with E-state index in [9.17, 15) is 30.8 Å². The minimum absolute atomic E-state index is 0.0139. The molecule has 1 aliphatic heterocycles. The zero-order valence-electron chi connectivity index (χ0n) is 15.7. The zero-order valence-corrected chi connectivity index (χ0v) is 16.5. The average Bonchev–Trinajstić information content (AvgIpc) is 2.72. The summed E-state index contributed by atoms with van der Waals surface area (Å²) in [5, 5.41) is 0. The number of carbonyl (C=O) groups excluding carboxylic acids is 1. The normalized spacial score (nSPS) is 16.4. The Morgan fingerprint density at radius 3 is 2.37 bits per heavy atom. The van der Waals surface area contributed by atoms with Crippen LogP contribution >= 0.6 is 0 Å². The van der Waals surface area contributed by atoms with Gasteiger partial charge in [0.15, 0.2) is 0 Å². The topological polar surface area (TPSA) is 63.7 Å². The molecule has 1 heterocycles. The highest BCUT2D eigenvalue weighted by Crippen LogP contribution is 2.30. The molecule has 1 aliphatic rings. The van der Waals surface area contributed by atoms with E-state index in [4.69, 9.17) is 4.74 Å². The Morgan fingerprint density at radius 2 is 1.73 bits per heavy atom. The molecule has 162 valence electrons. The SMILES string of the molecule is O=C(OCc1cccc(C(F)(F)F)c1)C1CCN(S(=O)(=O)c2ccccc2F)CC1. The van der Waals surface area contributed by atoms with Crippen LogP contribution in [0, 0.1) is 11.7 Å². The second-order valence-electron chi connectivity index (χ2n) is 6.91. The fourth-order valence-electron chi connectivity index (χ4n) is 3.23. The molecular formula is C20H19F4NO4S. The number of piperidine rings is 1. The number of halogens is 4. The maximum atomic E-state index is 13.9. The van der Waals surface area contributed by atoms with Gasteiger partial charge in [0.05, 0.1) is 11.5 Å². The van der Waals surface area contributed by atoms with E-state index in [2.05, 4.69) is 0 Å². The van der Waals surface area contributed by atoms with E-state index < -0.39 is 44.4 Å². The summed E-state index contributed by atoms with van der Waals surface area (Å²) in [7, 11) is -4.02. The van der Waals surface area contributed by atoms with Gasteiger partial charge in [0, 0.05) is 13.1 Å². The number of benzene rings is 2. The number of carbonyl (C=O) groups is 1. The van der Waals surface area contributed by atoms with Crippen molar-refractivity contribution in [3.63, 3.8) is 0 Å². The van der Waals surface area contributed by atoms with Gasteiger partial charge in [0.25, 0.3) is 0 Å². The number of alkyl halides is 3. The smallest absolute Gasteiger partial charge is 0.416 e. The van der Waals surface area contributed by atoms with E-state index in [-0.39, 0.29) is 38.1 Å². The van der Waals surface area contributed by atoms with E-state index >= 15 is 0 Å². The van der Waals surface area contributed by atoms with Crippen molar-refractivity contribution in [1.29, 1.82) is 0 Å². The third-order valence-electron chi connectivity index (χ3n) is 4.88. The second kappa shape index (κ2) is 8.73. The molecule has 2 aromatic carbocycles. The summed E-state index contributed by atoms with van der Waals surface area (Å²) >= 11 is 0. The van der Waals surface area contributed by atoms with E-state index in [1.165, 1.54) is 30.3 Å². The number of esters is 1. The van der Waals surface area contributed by atoms with Crippen LogP contribution in [-0.4, -0.2) is 31.8 Å². The second-order valence-corrected chi connectivity index (χ2v) is 8.82. The lowest BCUT2D eigenvalue weighted by atomic mass is 9.98. The molecule has 0 radical (unpaired) electrons. The van der Waals surface area contributed by atoms with Crippen molar-refractivity contribution in [1.82, 2.24) is 4.31 Å². The maximum Gasteiger partial charge on any atom is 0.416 e. The van der Waals surface area contributed by atoms with Gasteiger partial charge in [-0.25, -0.2) is 12.8 Å². The van der Waals surface area contributed by atoms with Gasteiger partial charge >= 0.3 is 12.1 Å². The Kier molecular flexibility index (Phi) is 6.47. The Morgan fingerprint density at radius 1 is 1.07 bits per heavy atom. The lowest BCUT2D eigenvalue weighted by molar-refractivity contribution is -0.151. The summed E-state index contributed by atoms with van der Waals surface area (Å²) in [4.78, 5) is 11.8. The highest BCUT2D eigenvalue weighted by atomic mass is 32.2. The Labute approximate surface area is 171 Å². The van der Waals surface area contributed by atoms with Crippen molar-refractivity contribution in [2.45, 2.75) is 30.5 Å². The highest BCUT2D eigenvalue weighted by Gasteiger charge is 2.34. The first-order valence-electron chi connectivity index (χ1n) is 9.16. The average molecular weight is 445 g/mol. The Hall–Kier alpha value is -2.46. The predicted octanol–water partition coefficient (Wildman–Crippen LogP) is 3.99. The summed E-state index contributed by atoms with van der Waals surface area (Å²) in [5.74, 6) is -2.03. The number of ether oxygens (including phenoxy) is 1. The van der Waals surface area contributed by atoms with Crippen LogP contribution in [0.25, 0.3) is 0 Å². The molecule has 0 spiro atoms. The molecule has 0 bridgehead atoms. The molecule has 1 fully saturated rings. The van der Waals surface area contributed by atoms with Gasteiger partial charge in [-0.05, 0) is 42.7 Å². The molecular weight excluding hydrogens is 426 g/mol. The van der Waals surface area contributed by atoms with Crippen molar-refractivity contribution >= 4 is 16.0 Å². The first-order chi connectivity index (χ1) is 14.1. The molecule has 0 saturated carbocycles. The van der Waals surface area contributed by atoms with Crippen molar-refractivity contribution in [2.24, 2.45) is 5.92 Å². The number of hydrogen-bond donors (Lipinski definition) is 0. The van der Waals surface area contributed by atoms with Crippen LogP contribution in [0.3, 0.4) is 0 Å². The van der Waals surface area contributed by atoms with Gasteiger partial charge < -0.3 is 4.74 Å². The first-order valence-corrected chi connectivity index (χ1v) is 10.6. The number of rotatable bonds is 5. The lowest BCUT2D eigenvalue weighted by Gasteiger charge is -2.30. The van der Waals surface area contributed by atoms with Crippen LogP contribution in [0.1, 0.15) is 24.0 Å². The Bertz CT molecular complexity index is 1020. The molecule has 0 aromatic heterocycles. The van der Waals surface area contributed by atoms with E-state index in [1.54, 1.807) is 0 Å². The highest BCUT2D eigenvalue weighted by molar-refractivity contribution is 7.89. The van der Waals surface area contributed by atoms with E-state index in [0.717, 1.165) is 22.5 Å². The van der Waals surface area contributed by atoms with Crippen LogP contribution in [0.5, 0.6) is 0 Å². The van der Waals surface area contributed by atoms with Gasteiger partial charge in [0.2, 0.25) is 10.0 Å². The van der Waals surface area contributed by atoms with Crippen LogP contribution in [0.15, 0.2) is 53.4 Å². The standard InChI is InChI=1S/C20H19F4NO4S/c21-17-6-1-2-7-18(17)30(27,28)25-10-8-15(9-11-25)19(26)29-13-14-4-3-5-16(12-14)20(22,23)24/h1-7,12,15H,8-11,13H2. The molecule has 0 unspecified atom stereocenters. The van der Waals surface area contributed by atoms with Crippen molar-refractivity contribution in [3.8, 4) is 0 Å². The van der Waals surface area contributed by atoms with Crippen molar-refractivity contribution in [3.05, 3.63) is 65.5 Å². The molecule has 5 nitrogen and oxygen atoms in total. The monoisotopic (exact) mass is 445 g/mol. The molecule has 3 rings (SSSR count). The van der Waals surface area contributed by atoms with Crippen LogP contribution in [0.4, 0.5) is 17.6 Å². The largest absolute Gasteiger partial charge is 0.461 e. The van der Waals surface area contributed by atoms with Crippen molar-refractivity contribution in [2.75, 3.05) is 13.1 Å². The minimum Gasteiger partial charge on any atom is -0.461 e. The predicted molar refractivity (Wildman–Crippen MR) is 99.1 cm³/mol.